The normalized spacial score (nSPS) is 9.57. The number of rotatable bonds is 7. The molecule has 6 nitrogen and oxygen atoms in total. The van der Waals surface area contributed by atoms with E-state index in [1.165, 1.54) is 6.92 Å². The topological polar surface area (TPSA) is 78.9 Å². The van der Waals surface area contributed by atoms with Crippen molar-refractivity contribution in [1.82, 2.24) is 0 Å². The van der Waals surface area contributed by atoms with Gasteiger partial charge in [-0.3, -0.25) is 4.79 Å². The van der Waals surface area contributed by atoms with Gasteiger partial charge in [-0.1, -0.05) is 24.8 Å². The Morgan fingerprint density at radius 1 is 1.10 bits per heavy atom. The number of hydrogen-bond donors (Lipinski definition) is 0. The lowest BCUT2D eigenvalue weighted by molar-refractivity contribution is -0.161. The Morgan fingerprint density at radius 3 is 2.38 bits per heavy atom. The molecule has 1 rings (SSSR count). The van der Waals surface area contributed by atoms with Crippen molar-refractivity contribution in [2.24, 2.45) is 0 Å². The molecular weight excluding hydrogens is 276 g/mol. The van der Waals surface area contributed by atoms with Gasteiger partial charge in [0, 0.05) is 5.57 Å². The number of ether oxygens (including phenoxy) is 3. The summed E-state index contributed by atoms with van der Waals surface area (Å²) < 4.78 is 14.3. The second-order valence-electron chi connectivity index (χ2n) is 4.11. The minimum absolute atomic E-state index is 0.169. The lowest BCUT2D eigenvalue weighted by Gasteiger charge is -2.06. The van der Waals surface area contributed by atoms with E-state index < -0.39 is 17.9 Å². The molecule has 0 bridgehead atoms. The first-order valence-corrected chi connectivity index (χ1v) is 6.23. The van der Waals surface area contributed by atoms with E-state index in [2.05, 4.69) is 11.3 Å². The van der Waals surface area contributed by atoms with Gasteiger partial charge in [0.2, 0.25) is 0 Å². The quantitative estimate of drug-likeness (QED) is 0.432. The van der Waals surface area contributed by atoms with E-state index >= 15 is 0 Å². The van der Waals surface area contributed by atoms with Crippen LogP contribution in [0.4, 0.5) is 0 Å². The largest absolute Gasteiger partial charge is 0.482 e. The Hall–Kier alpha value is -2.63. The fourth-order valence-corrected chi connectivity index (χ4v) is 1.22. The van der Waals surface area contributed by atoms with Crippen LogP contribution in [0.15, 0.2) is 42.5 Å². The molecule has 0 aromatic heterocycles. The molecule has 0 spiro atoms. The summed E-state index contributed by atoms with van der Waals surface area (Å²) >= 11 is 0. The Kier molecular flexibility index (Phi) is 6.67. The molecule has 0 saturated heterocycles. The number of para-hydroxylation sites is 1. The molecule has 0 aliphatic rings. The zero-order valence-electron chi connectivity index (χ0n) is 11.7. The molecule has 0 saturated carbocycles. The maximum atomic E-state index is 11.3. The first-order valence-electron chi connectivity index (χ1n) is 6.23. The zero-order chi connectivity index (χ0) is 15.7. The maximum Gasteiger partial charge on any atom is 0.351 e. The summed E-state index contributed by atoms with van der Waals surface area (Å²) in [5, 5.41) is 0. The lowest BCUT2D eigenvalue weighted by atomic mass is 10.3. The van der Waals surface area contributed by atoms with Crippen LogP contribution in [0.3, 0.4) is 0 Å². The smallest absolute Gasteiger partial charge is 0.351 e. The van der Waals surface area contributed by atoms with Crippen LogP contribution in [0.5, 0.6) is 5.75 Å². The Labute approximate surface area is 122 Å². The molecule has 6 heteroatoms. The van der Waals surface area contributed by atoms with Crippen LogP contribution in [0.1, 0.15) is 13.3 Å². The van der Waals surface area contributed by atoms with E-state index in [1.54, 1.807) is 30.3 Å². The van der Waals surface area contributed by atoms with E-state index in [4.69, 9.17) is 9.47 Å². The van der Waals surface area contributed by atoms with Gasteiger partial charge in [0.15, 0.2) is 6.61 Å². The minimum atomic E-state index is -0.810. The average molecular weight is 292 g/mol. The van der Waals surface area contributed by atoms with Crippen molar-refractivity contribution >= 4 is 17.9 Å². The van der Waals surface area contributed by atoms with Crippen molar-refractivity contribution in [1.29, 1.82) is 0 Å². The van der Waals surface area contributed by atoms with Gasteiger partial charge >= 0.3 is 17.9 Å². The molecule has 0 atom stereocenters. The Morgan fingerprint density at radius 2 is 1.76 bits per heavy atom. The second-order valence-corrected chi connectivity index (χ2v) is 4.11. The van der Waals surface area contributed by atoms with Gasteiger partial charge in [0.05, 0.1) is 6.42 Å². The highest BCUT2D eigenvalue weighted by atomic mass is 16.6. The zero-order valence-corrected chi connectivity index (χ0v) is 11.7. The van der Waals surface area contributed by atoms with E-state index in [9.17, 15) is 14.4 Å². The molecule has 0 heterocycles. The van der Waals surface area contributed by atoms with Gasteiger partial charge in [-0.05, 0) is 19.1 Å². The maximum absolute atomic E-state index is 11.3. The van der Waals surface area contributed by atoms with Crippen molar-refractivity contribution < 1.29 is 28.6 Å². The number of carbonyl (C=O) groups excluding carboxylic acids is 3. The van der Waals surface area contributed by atoms with Crippen LogP contribution in [0.2, 0.25) is 0 Å². The number of benzene rings is 1. The van der Waals surface area contributed by atoms with Crippen molar-refractivity contribution in [3.05, 3.63) is 42.5 Å². The van der Waals surface area contributed by atoms with Gasteiger partial charge in [-0.25, -0.2) is 9.59 Å². The van der Waals surface area contributed by atoms with Crippen LogP contribution < -0.4 is 4.74 Å². The highest BCUT2D eigenvalue weighted by molar-refractivity contribution is 5.88. The monoisotopic (exact) mass is 292 g/mol. The molecule has 112 valence electrons. The van der Waals surface area contributed by atoms with E-state index in [0.717, 1.165) is 0 Å². The van der Waals surface area contributed by atoms with Crippen LogP contribution in [-0.2, 0) is 23.9 Å². The van der Waals surface area contributed by atoms with Gasteiger partial charge in [0.1, 0.15) is 12.4 Å². The fraction of sp³-hybridized carbons (Fsp3) is 0.267. The molecule has 21 heavy (non-hydrogen) atoms. The molecule has 0 aliphatic heterocycles. The second kappa shape index (κ2) is 8.52. The Bertz CT molecular complexity index is 520. The van der Waals surface area contributed by atoms with Gasteiger partial charge in [-0.2, -0.15) is 0 Å². The number of carbonyl (C=O) groups is 3. The van der Waals surface area contributed by atoms with E-state index in [1.807, 2.05) is 0 Å². The van der Waals surface area contributed by atoms with Crippen LogP contribution in [-0.4, -0.2) is 31.1 Å². The summed E-state index contributed by atoms with van der Waals surface area (Å²) in [6.45, 7) is 4.34. The van der Waals surface area contributed by atoms with Gasteiger partial charge in [-0.15, -0.1) is 0 Å². The molecule has 0 fully saturated rings. The van der Waals surface area contributed by atoms with Crippen molar-refractivity contribution in [2.45, 2.75) is 13.3 Å². The lowest BCUT2D eigenvalue weighted by Crippen LogP contribution is -2.20. The minimum Gasteiger partial charge on any atom is -0.482 e. The van der Waals surface area contributed by atoms with Crippen LogP contribution in [0, 0.1) is 0 Å². The molecule has 1 aromatic rings. The van der Waals surface area contributed by atoms with Crippen molar-refractivity contribution in [3.8, 4) is 5.75 Å². The first kappa shape index (κ1) is 16.4. The van der Waals surface area contributed by atoms with Crippen molar-refractivity contribution in [3.63, 3.8) is 0 Å². The predicted molar refractivity (Wildman–Crippen MR) is 73.4 cm³/mol. The molecule has 0 N–H and O–H groups in total. The average Bonchev–Trinajstić information content (AvgIpc) is 2.46. The molecule has 0 aliphatic carbocycles. The molecule has 1 aromatic carbocycles. The SMILES string of the molecule is C=C(C)C(=O)OCCC(=O)OC(=O)COc1ccccc1. The number of hydrogen-bond acceptors (Lipinski definition) is 6. The highest BCUT2D eigenvalue weighted by Crippen LogP contribution is 2.08. The standard InChI is InChI=1S/C15H16O6/c1-11(2)15(18)19-9-8-13(16)21-14(17)10-20-12-6-4-3-5-7-12/h3-7H,1,8-10H2,2H3. The molecule has 0 unspecified atom stereocenters. The van der Waals surface area contributed by atoms with Crippen LogP contribution in [0.25, 0.3) is 0 Å². The summed E-state index contributed by atoms with van der Waals surface area (Å²) in [4.78, 5) is 33.7. The third kappa shape index (κ3) is 6.91. The van der Waals surface area contributed by atoms with Crippen molar-refractivity contribution in [2.75, 3.05) is 13.2 Å². The molecule has 0 amide bonds. The van der Waals surface area contributed by atoms with Gasteiger partial charge < -0.3 is 14.2 Å². The highest BCUT2D eigenvalue weighted by Gasteiger charge is 2.12. The third-order valence-corrected chi connectivity index (χ3v) is 2.22. The fourth-order valence-electron chi connectivity index (χ4n) is 1.22. The van der Waals surface area contributed by atoms with E-state index in [-0.39, 0.29) is 25.2 Å². The van der Waals surface area contributed by atoms with Crippen LogP contribution >= 0.6 is 0 Å². The Balaban J connectivity index is 2.20. The number of esters is 3. The van der Waals surface area contributed by atoms with Gasteiger partial charge in [0.25, 0.3) is 0 Å². The van der Waals surface area contributed by atoms with E-state index in [0.29, 0.717) is 5.75 Å². The summed E-state index contributed by atoms with van der Waals surface area (Å²) in [5.74, 6) is -1.69. The predicted octanol–water partition coefficient (Wildman–Crippen LogP) is 1.64. The summed E-state index contributed by atoms with van der Waals surface area (Å²) in [6, 6.07) is 8.66. The third-order valence-electron chi connectivity index (χ3n) is 2.22. The summed E-state index contributed by atoms with van der Waals surface area (Å²) in [7, 11) is 0. The summed E-state index contributed by atoms with van der Waals surface area (Å²) in [5.41, 5.74) is 0.232. The molecular formula is C15H16O6. The molecule has 0 radical (unpaired) electrons. The first-order chi connectivity index (χ1) is 9.99. The summed E-state index contributed by atoms with van der Waals surface area (Å²) in [6.07, 6.45) is -0.212.